The van der Waals surface area contributed by atoms with Crippen molar-refractivity contribution in [3.63, 3.8) is 0 Å². The molecule has 0 radical (unpaired) electrons. The Balaban J connectivity index is 2.31. The van der Waals surface area contributed by atoms with Gasteiger partial charge >= 0.3 is 0 Å². The van der Waals surface area contributed by atoms with Gasteiger partial charge in [-0.1, -0.05) is 13.8 Å². The van der Waals surface area contributed by atoms with Gasteiger partial charge in [-0.3, -0.25) is 0 Å². The third-order valence-electron chi connectivity index (χ3n) is 2.73. The normalized spacial score (nSPS) is 39.0. The topological polar surface area (TPSA) is 9.23 Å². The predicted octanol–water partition coefficient (Wildman–Crippen LogP) is 2.85. The SMILES string of the molecule is CCOC1CCC(C)CC1C. The van der Waals surface area contributed by atoms with E-state index in [9.17, 15) is 0 Å². The summed E-state index contributed by atoms with van der Waals surface area (Å²) >= 11 is 0. The highest BCUT2D eigenvalue weighted by atomic mass is 16.5. The van der Waals surface area contributed by atoms with Crippen molar-refractivity contribution in [3.8, 4) is 0 Å². The van der Waals surface area contributed by atoms with Crippen LogP contribution in [0.25, 0.3) is 0 Å². The summed E-state index contributed by atoms with van der Waals surface area (Å²) in [5.74, 6) is 1.69. The molecule has 1 aliphatic carbocycles. The molecule has 3 atom stereocenters. The maximum absolute atomic E-state index is 5.64. The molecule has 66 valence electrons. The summed E-state index contributed by atoms with van der Waals surface area (Å²) in [6, 6.07) is 0. The summed E-state index contributed by atoms with van der Waals surface area (Å²) in [4.78, 5) is 0. The van der Waals surface area contributed by atoms with Crippen LogP contribution in [0.4, 0.5) is 0 Å². The lowest BCUT2D eigenvalue weighted by atomic mass is 9.81. The highest BCUT2D eigenvalue weighted by Gasteiger charge is 2.25. The van der Waals surface area contributed by atoms with Gasteiger partial charge in [-0.05, 0) is 38.0 Å². The summed E-state index contributed by atoms with van der Waals surface area (Å²) in [6.07, 6.45) is 4.53. The van der Waals surface area contributed by atoms with Gasteiger partial charge in [0.25, 0.3) is 0 Å². The predicted molar refractivity (Wildman–Crippen MR) is 47.6 cm³/mol. The van der Waals surface area contributed by atoms with Crippen LogP contribution in [0.3, 0.4) is 0 Å². The first-order valence-electron chi connectivity index (χ1n) is 4.85. The van der Waals surface area contributed by atoms with Crippen LogP contribution in [0, 0.1) is 11.8 Å². The summed E-state index contributed by atoms with van der Waals surface area (Å²) < 4.78 is 5.64. The molecule has 1 fully saturated rings. The Bertz CT molecular complexity index is 111. The fourth-order valence-corrected chi connectivity index (χ4v) is 2.10. The highest BCUT2D eigenvalue weighted by Crippen LogP contribution is 2.30. The zero-order chi connectivity index (χ0) is 8.27. The van der Waals surface area contributed by atoms with E-state index in [1.807, 2.05) is 0 Å². The molecule has 0 aromatic heterocycles. The van der Waals surface area contributed by atoms with E-state index in [0.717, 1.165) is 18.4 Å². The van der Waals surface area contributed by atoms with Crippen LogP contribution < -0.4 is 0 Å². The molecule has 0 amide bonds. The van der Waals surface area contributed by atoms with Crippen molar-refractivity contribution in [2.45, 2.75) is 46.1 Å². The zero-order valence-electron chi connectivity index (χ0n) is 7.97. The summed E-state index contributed by atoms with van der Waals surface area (Å²) in [5.41, 5.74) is 0. The Morgan fingerprint density at radius 2 is 2.00 bits per heavy atom. The lowest BCUT2D eigenvalue weighted by molar-refractivity contribution is -0.00858. The molecule has 0 N–H and O–H groups in total. The Morgan fingerprint density at radius 1 is 1.27 bits per heavy atom. The molecule has 0 bridgehead atoms. The lowest BCUT2D eigenvalue weighted by Crippen LogP contribution is -2.28. The summed E-state index contributed by atoms with van der Waals surface area (Å²) in [7, 11) is 0. The maximum atomic E-state index is 5.64. The van der Waals surface area contributed by atoms with Gasteiger partial charge in [0.05, 0.1) is 6.10 Å². The largest absolute Gasteiger partial charge is 0.378 e. The van der Waals surface area contributed by atoms with Crippen molar-refractivity contribution < 1.29 is 4.74 Å². The van der Waals surface area contributed by atoms with E-state index in [1.165, 1.54) is 19.3 Å². The van der Waals surface area contributed by atoms with Crippen molar-refractivity contribution in [1.29, 1.82) is 0 Å². The molecule has 3 unspecified atom stereocenters. The van der Waals surface area contributed by atoms with Crippen LogP contribution in [0.1, 0.15) is 40.0 Å². The van der Waals surface area contributed by atoms with Gasteiger partial charge in [-0.15, -0.1) is 0 Å². The average Bonchev–Trinajstić information content (AvgIpc) is 1.95. The molecule has 1 nitrogen and oxygen atoms in total. The van der Waals surface area contributed by atoms with E-state index in [1.54, 1.807) is 0 Å². The Kier molecular flexibility index (Phi) is 3.38. The molecule has 0 saturated heterocycles. The van der Waals surface area contributed by atoms with E-state index >= 15 is 0 Å². The summed E-state index contributed by atoms with van der Waals surface area (Å²) in [5, 5.41) is 0. The lowest BCUT2D eigenvalue weighted by Gasteiger charge is -2.32. The molecule has 0 aliphatic heterocycles. The number of ether oxygens (including phenoxy) is 1. The Hall–Kier alpha value is -0.0400. The van der Waals surface area contributed by atoms with Crippen LogP contribution in [0.15, 0.2) is 0 Å². The first kappa shape index (κ1) is 9.05. The minimum absolute atomic E-state index is 0.552. The standard InChI is InChI=1S/C10H20O/c1-4-11-10-6-5-8(2)7-9(10)3/h8-10H,4-7H2,1-3H3. The molecule has 0 heterocycles. The zero-order valence-corrected chi connectivity index (χ0v) is 7.97. The van der Waals surface area contributed by atoms with Gasteiger partial charge < -0.3 is 4.74 Å². The minimum atomic E-state index is 0.552. The van der Waals surface area contributed by atoms with Crippen LogP contribution >= 0.6 is 0 Å². The smallest absolute Gasteiger partial charge is 0.0600 e. The fourth-order valence-electron chi connectivity index (χ4n) is 2.10. The highest BCUT2D eigenvalue weighted by molar-refractivity contribution is 4.75. The van der Waals surface area contributed by atoms with E-state index in [2.05, 4.69) is 20.8 Å². The first-order valence-corrected chi connectivity index (χ1v) is 4.85. The van der Waals surface area contributed by atoms with Crippen molar-refractivity contribution in [3.05, 3.63) is 0 Å². The summed E-state index contributed by atoms with van der Waals surface area (Å²) in [6.45, 7) is 7.63. The van der Waals surface area contributed by atoms with Crippen molar-refractivity contribution in [2.24, 2.45) is 11.8 Å². The van der Waals surface area contributed by atoms with Crippen LogP contribution in [-0.2, 0) is 4.74 Å². The van der Waals surface area contributed by atoms with Gasteiger partial charge in [-0.2, -0.15) is 0 Å². The average molecular weight is 156 g/mol. The van der Waals surface area contributed by atoms with E-state index in [4.69, 9.17) is 4.74 Å². The Labute approximate surface area is 70.1 Å². The second kappa shape index (κ2) is 4.10. The molecule has 0 aromatic rings. The maximum Gasteiger partial charge on any atom is 0.0600 e. The third-order valence-corrected chi connectivity index (χ3v) is 2.73. The second-order valence-electron chi connectivity index (χ2n) is 3.89. The molecule has 0 aromatic carbocycles. The van der Waals surface area contributed by atoms with Crippen molar-refractivity contribution in [1.82, 2.24) is 0 Å². The van der Waals surface area contributed by atoms with Crippen LogP contribution in [-0.4, -0.2) is 12.7 Å². The van der Waals surface area contributed by atoms with Gasteiger partial charge in [0.15, 0.2) is 0 Å². The third kappa shape index (κ3) is 2.48. The van der Waals surface area contributed by atoms with Gasteiger partial charge in [0.1, 0.15) is 0 Å². The quantitative estimate of drug-likeness (QED) is 0.597. The minimum Gasteiger partial charge on any atom is -0.378 e. The fraction of sp³-hybridized carbons (Fsp3) is 1.00. The number of rotatable bonds is 2. The van der Waals surface area contributed by atoms with Gasteiger partial charge in [0, 0.05) is 6.61 Å². The molecule has 1 heteroatoms. The molecular formula is C10H20O. The van der Waals surface area contributed by atoms with E-state index < -0.39 is 0 Å². The van der Waals surface area contributed by atoms with E-state index in [-0.39, 0.29) is 0 Å². The number of hydrogen-bond acceptors (Lipinski definition) is 1. The Morgan fingerprint density at radius 3 is 2.55 bits per heavy atom. The van der Waals surface area contributed by atoms with Crippen molar-refractivity contribution in [2.75, 3.05) is 6.61 Å². The second-order valence-corrected chi connectivity index (χ2v) is 3.89. The van der Waals surface area contributed by atoms with Gasteiger partial charge in [-0.25, -0.2) is 0 Å². The molecule has 1 aliphatic rings. The molecule has 1 saturated carbocycles. The van der Waals surface area contributed by atoms with Crippen LogP contribution in [0.2, 0.25) is 0 Å². The molecule has 0 spiro atoms. The van der Waals surface area contributed by atoms with Crippen molar-refractivity contribution >= 4 is 0 Å². The number of hydrogen-bond donors (Lipinski definition) is 0. The first-order chi connectivity index (χ1) is 5.24. The molecular weight excluding hydrogens is 136 g/mol. The van der Waals surface area contributed by atoms with Gasteiger partial charge in [0.2, 0.25) is 0 Å². The monoisotopic (exact) mass is 156 g/mol. The molecule has 1 rings (SSSR count). The van der Waals surface area contributed by atoms with Crippen LogP contribution in [0.5, 0.6) is 0 Å². The van der Waals surface area contributed by atoms with E-state index in [0.29, 0.717) is 6.10 Å². The molecule has 11 heavy (non-hydrogen) atoms.